The third-order valence-electron chi connectivity index (χ3n) is 3.85. The van der Waals surface area contributed by atoms with Crippen LogP contribution in [0.15, 0.2) is 77.4 Å². The molecule has 0 atom stereocenters. The second-order valence-electron chi connectivity index (χ2n) is 5.98. The van der Waals surface area contributed by atoms with Crippen molar-refractivity contribution in [3.8, 4) is 0 Å². The zero-order chi connectivity index (χ0) is 19.9. The third kappa shape index (κ3) is 5.34. The Labute approximate surface area is 166 Å². The first-order chi connectivity index (χ1) is 13.5. The number of hydrogen-bond donors (Lipinski definition) is 3. The van der Waals surface area contributed by atoms with Gasteiger partial charge in [0.05, 0.1) is 17.0 Å². The van der Waals surface area contributed by atoms with Crippen molar-refractivity contribution in [3.63, 3.8) is 0 Å². The highest BCUT2D eigenvalue weighted by atomic mass is 32.2. The first-order valence-electron chi connectivity index (χ1n) is 8.57. The van der Waals surface area contributed by atoms with E-state index in [1.807, 2.05) is 54.6 Å². The summed E-state index contributed by atoms with van der Waals surface area (Å²) in [4.78, 5) is 35.2. The topological polar surface area (TPSA) is 95.5 Å². The standard InChI is InChI=1S/C21H18N2O4S/c24-18-13-20(28-11-10-21(26)27)19(25)12-17(18)23-16-8-6-15(7-9-16)22-14-4-2-1-3-5-14/h1-9,12-13,22-23H,10-11H2,(H,26,27). The average molecular weight is 394 g/mol. The van der Waals surface area contributed by atoms with E-state index in [0.717, 1.165) is 23.1 Å². The molecule has 0 radical (unpaired) electrons. The molecule has 7 heteroatoms. The number of carboxylic acid groups (broad SMARTS) is 1. The maximum atomic E-state index is 12.3. The van der Waals surface area contributed by atoms with E-state index in [1.54, 1.807) is 0 Å². The number of benzene rings is 2. The maximum Gasteiger partial charge on any atom is 0.304 e. The van der Waals surface area contributed by atoms with Gasteiger partial charge in [0.25, 0.3) is 0 Å². The summed E-state index contributed by atoms with van der Waals surface area (Å²) >= 11 is 1.08. The average Bonchev–Trinajstić information content (AvgIpc) is 2.67. The molecule has 0 spiro atoms. The molecule has 0 heterocycles. The molecule has 3 rings (SSSR count). The van der Waals surface area contributed by atoms with Gasteiger partial charge in [-0.2, -0.15) is 0 Å². The van der Waals surface area contributed by atoms with Crippen LogP contribution in [0.3, 0.4) is 0 Å². The van der Waals surface area contributed by atoms with Crippen molar-refractivity contribution in [2.45, 2.75) is 6.42 Å². The summed E-state index contributed by atoms with van der Waals surface area (Å²) in [6.07, 6.45) is 2.44. The summed E-state index contributed by atoms with van der Waals surface area (Å²) < 4.78 is 0. The van der Waals surface area contributed by atoms with Crippen molar-refractivity contribution < 1.29 is 19.5 Å². The quantitative estimate of drug-likeness (QED) is 0.583. The van der Waals surface area contributed by atoms with Gasteiger partial charge in [0.2, 0.25) is 5.78 Å². The summed E-state index contributed by atoms with van der Waals surface area (Å²) in [6.45, 7) is 0. The fraction of sp³-hybridized carbons (Fsp3) is 0.0952. The molecule has 1 aliphatic carbocycles. The van der Waals surface area contributed by atoms with E-state index in [2.05, 4.69) is 10.6 Å². The van der Waals surface area contributed by atoms with E-state index in [9.17, 15) is 14.4 Å². The van der Waals surface area contributed by atoms with Crippen LogP contribution in [-0.2, 0) is 14.4 Å². The van der Waals surface area contributed by atoms with E-state index in [1.165, 1.54) is 12.2 Å². The maximum absolute atomic E-state index is 12.3. The molecule has 0 aromatic heterocycles. The first kappa shape index (κ1) is 19.4. The summed E-state index contributed by atoms with van der Waals surface area (Å²) in [6, 6.07) is 17.1. The Morgan fingerprint density at radius 2 is 1.43 bits per heavy atom. The highest BCUT2D eigenvalue weighted by molar-refractivity contribution is 8.04. The molecule has 0 fully saturated rings. The van der Waals surface area contributed by atoms with E-state index < -0.39 is 5.97 Å². The summed E-state index contributed by atoms with van der Waals surface area (Å²) in [5, 5.41) is 14.9. The Balaban J connectivity index is 1.60. The number of rotatable bonds is 8. The highest BCUT2D eigenvalue weighted by Crippen LogP contribution is 2.25. The van der Waals surface area contributed by atoms with Crippen molar-refractivity contribution in [1.82, 2.24) is 0 Å². The van der Waals surface area contributed by atoms with Crippen LogP contribution in [0.25, 0.3) is 0 Å². The van der Waals surface area contributed by atoms with Crippen molar-refractivity contribution in [3.05, 3.63) is 77.4 Å². The molecule has 0 saturated carbocycles. The van der Waals surface area contributed by atoms with Gasteiger partial charge in [0.1, 0.15) is 0 Å². The lowest BCUT2D eigenvalue weighted by Crippen LogP contribution is -2.17. The molecule has 0 amide bonds. The molecular formula is C21H18N2O4S. The fourth-order valence-corrected chi connectivity index (χ4v) is 3.37. The summed E-state index contributed by atoms with van der Waals surface area (Å²) in [5.74, 6) is -1.32. The fourth-order valence-electron chi connectivity index (χ4n) is 2.48. The number of para-hydroxylation sites is 1. The number of nitrogens with one attached hydrogen (secondary N) is 2. The number of carboxylic acids is 1. The minimum Gasteiger partial charge on any atom is -0.481 e. The van der Waals surface area contributed by atoms with E-state index >= 15 is 0 Å². The molecule has 142 valence electrons. The molecule has 28 heavy (non-hydrogen) atoms. The van der Waals surface area contributed by atoms with E-state index in [0.29, 0.717) is 5.69 Å². The zero-order valence-electron chi connectivity index (χ0n) is 14.8. The number of hydrogen-bond acceptors (Lipinski definition) is 6. The summed E-state index contributed by atoms with van der Waals surface area (Å²) in [5.41, 5.74) is 2.74. The van der Waals surface area contributed by atoms with Crippen molar-refractivity contribution in [1.29, 1.82) is 0 Å². The third-order valence-corrected chi connectivity index (χ3v) is 4.88. The summed E-state index contributed by atoms with van der Waals surface area (Å²) in [7, 11) is 0. The number of anilines is 3. The van der Waals surface area contributed by atoms with Crippen LogP contribution in [0.1, 0.15) is 6.42 Å². The highest BCUT2D eigenvalue weighted by Gasteiger charge is 2.21. The Bertz CT molecular complexity index is 950. The van der Waals surface area contributed by atoms with Crippen LogP contribution < -0.4 is 10.6 Å². The zero-order valence-corrected chi connectivity index (χ0v) is 15.7. The Morgan fingerprint density at radius 3 is 2.07 bits per heavy atom. The van der Waals surface area contributed by atoms with Gasteiger partial charge < -0.3 is 15.7 Å². The van der Waals surface area contributed by atoms with Crippen LogP contribution in [0.2, 0.25) is 0 Å². The Morgan fingerprint density at radius 1 is 0.821 bits per heavy atom. The first-order valence-corrected chi connectivity index (χ1v) is 9.55. The van der Waals surface area contributed by atoms with Crippen molar-refractivity contribution >= 4 is 46.4 Å². The molecule has 0 aliphatic heterocycles. The predicted molar refractivity (Wildman–Crippen MR) is 111 cm³/mol. The molecular weight excluding hydrogens is 376 g/mol. The predicted octanol–water partition coefficient (Wildman–Crippen LogP) is 3.97. The van der Waals surface area contributed by atoms with Gasteiger partial charge in [-0.1, -0.05) is 18.2 Å². The lowest BCUT2D eigenvalue weighted by Gasteiger charge is -2.14. The van der Waals surface area contributed by atoms with Crippen LogP contribution in [0, 0.1) is 0 Å². The number of allylic oxidation sites excluding steroid dienone is 3. The molecule has 0 unspecified atom stereocenters. The SMILES string of the molecule is O=C(O)CCSC1=CC(=O)C(Nc2ccc(Nc3ccccc3)cc2)=CC1=O. The second kappa shape index (κ2) is 9.05. The van der Waals surface area contributed by atoms with Gasteiger partial charge in [0, 0.05) is 35.0 Å². The largest absolute Gasteiger partial charge is 0.481 e. The van der Waals surface area contributed by atoms with Gasteiger partial charge in [-0.05, 0) is 36.4 Å². The van der Waals surface area contributed by atoms with Gasteiger partial charge in [0.15, 0.2) is 5.78 Å². The van der Waals surface area contributed by atoms with Crippen LogP contribution in [0.5, 0.6) is 0 Å². The Kier molecular flexibility index (Phi) is 6.29. The molecule has 2 aromatic carbocycles. The smallest absolute Gasteiger partial charge is 0.304 e. The van der Waals surface area contributed by atoms with Crippen LogP contribution >= 0.6 is 11.8 Å². The van der Waals surface area contributed by atoms with Gasteiger partial charge in [-0.3, -0.25) is 14.4 Å². The molecule has 3 N–H and O–H groups in total. The monoisotopic (exact) mass is 394 g/mol. The number of carbonyl (C=O) groups is 3. The normalized spacial score (nSPS) is 13.6. The molecule has 0 bridgehead atoms. The lowest BCUT2D eigenvalue weighted by atomic mass is 10.1. The number of carbonyl (C=O) groups excluding carboxylic acids is 2. The van der Waals surface area contributed by atoms with Gasteiger partial charge in [-0.25, -0.2) is 0 Å². The van der Waals surface area contributed by atoms with Crippen LogP contribution in [-0.4, -0.2) is 28.4 Å². The molecule has 6 nitrogen and oxygen atoms in total. The molecule has 2 aromatic rings. The number of aliphatic carboxylic acids is 1. The molecule has 1 aliphatic rings. The Hall–Kier alpha value is -3.32. The van der Waals surface area contributed by atoms with Gasteiger partial charge in [-0.15, -0.1) is 11.8 Å². The van der Waals surface area contributed by atoms with Crippen molar-refractivity contribution in [2.75, 3.05) is 16.4 Å². The van der Waals surface area contributed by atoms with E-state index in [4.69, 9.17) is 5.11 Å². The van der Waals surface area contributed by atoms with Crippen LogP contribution in [0.4, 0.5) is 17.1 Å². The van der Waals surface area contributed by atoms with Gasteiger partial charge >= 0.3 is 5.97 Å². The molecule has 0 saturated heterocycles. The second-order valence-corrected chi connectivity index (χ2v) is 7.12. The number of thioether (sulfide) groups is 1. The van der Waals surface area contributed by atoms with Crippen molar-refractivity contribution in [2.24, 2.45) is 0 Å². The number of ketones is 2. The minimum atomic E-state index is -0.939. The lowest BCUT2D eigenvalue weighted by molar-refractivity contribution is -0.136. The minimum absolute atomic E-state index is 0.0678. The van der Waals surface area contributed by atoms with E-state index in [-0.39, 0.29) is 34.3 Å².